The molecule has 108 valence electrons. The highest BCUT2D eigenvalue weighted by atomic mass is 19.1. The van der Waals surface area contributed by atoms with Gasteiger partial charge < -0.3 is 11.5 Å². The lowest BCUT2D eigenvalue weighted by Crippen LogP contribution is -2.04. The van der Waals surface area contributed by atoms with Crippen molar-refractivity contribution in [2.45, 2.75) is 25.9 Å². The first kappa shape index (κ1) is 16.3. The van der Waals surface area contributed by atoms with Crippen LogP contribution in [0.2, 0.25) is 0 Å². The Kier molecular flexibility index (Phi) is 6.28. The van der Waals surface area contributed by atoms with E-state index in [1.807, 2.05) is 13.8 Å². The lowest BCUT2D eigenvalue weighted by Gasteiger charge is -2.02. The van der Waals surface area contributed by atoms with Crippen molar-refractivity contribution in [3.8, 4) is 0 Å². The Morgan fingerprint density at radius 2 is 0.900 bits per heavy atom. The summed E-state index contributed by atoms with van der Waals surface area (Å²) >= 11 is 0. The van der Waals surface area contributed by atoms with Crippen molar-refractivity contribution in [3.05, 3.63) is 71.3 Å². The van der Waals surface area contributed by atoms with Gasteiger partial charge in [-0.05, 0) is 49.2 Å². The molecule has 0 spiro atoms. The van der Waals surface area contributed by atoms with Gasteiger partial charge in [0.1, 0.15) is 11.6 Å². The smallest absolute Gasteiger partial charge is 0.123 e. The van der Waals surface area contributed by atoms with Gasteiger partial charge in [-0.1, -0.05) is 24.3 Å². The van der Waals surface area contributed by atoms with E-state index in [0.717, 1.165) is 11.1 Å². The molecule has 0 amide bonds. The minimum absolute atomic E-state index is 0.0133. The minimum Gasteiger partial charge on any atom is -0.324 e. The first-order valence-electron chi connectivity index (χ1n) is 6.42. The first-order chi connectivity index (χ1) is 9.40. The Morgan fingerprint density at radius 3 is 1.10 bits per heavy atom. The Hall–Kier alpha value is -1.78. The Labute approximate surface area is 118 Å². The molecule has 2 atom stereocenters. The van der Waals surface area contributed by atoms with Gasteiger partial charge in [-0.15, -0.1) is 0 Å². The molecule has 2 aromatic carbocycles. The average molecular weight is 278 g/mol. The van der Waals surface area contributed by atoms with Crippen LogP contribution in [0, 0.1) is 11.6 Å². The molecule has 2 rings (SSSR count). The van der Waals surface area contributed by atoms with E-state index >= 15 is 0 Å². The maximum absolute atomic E-state index is 12.3. The van der Waals surface area contributed by atoms with Crippen LogP contribution in [0.25, 0.3) is 0 Å². The van der Waals surface area contributed by atoms with Gasteiger partial charge >= 0.3 is 0 Å². The van der Waals surface area contributed by atoms with E-state index in [-0.39, 0.29) is 23.7 Å². The fourth-order valence-corrected chi connectivity index (χ4v) is 1.53. The maximum Gasteiger partial charge on any atom is 0.123 e. The number of benzene rings is 2. The molecule has 20 heavy (non-hydrogen) atoms. The summed E-state index contributed by atoms with van der Waals surface area (Å²) in [5, 5.41) is 0. The summed E-state index contributed by atoms with van der Waals surface area (Å²) < 4.78 is 24.6. The molecule has 0 saturated heterocycles. The molecule has 0 heterocycles. The van der Waals surface area contributed by atoms with Gasteiger partial charge in [-0.2, -0.15) is 0 Å². The molecule has 0 aliphatic rings. The predicted molar refractivity (Wildman–Crippen MR) is 78.0 cm³/mol. The lowest BCUT2D eigenvalue weighted by atomic mass is 10.1. The largest absolute Gasteiger partial charge is 0.324 e. The molecule has 4 N–H and O–H groups in total. The van der Waals surface area contributed by atoms with Gasteiger partial charge in [0.2, 0.25) is 0 Å². The van der Waals surface area contributed by atoms with Gasteiger partial charge in [-0.3, -0.25) is 0 Å². The molecule has 0 saturated carbocycles. The molecular weight excluding hydrogens is 258 g/mol. The highest BCUT2D eigenvalue weighted by Gasteiger charge is 1.97. The fourth-order valence-electron chi connectivity index (χ4n) is 1.53. The van der Waals surface area contributed by atoms with E-state index in [1.54, 1.807) is 24.3 Å². The molecule has 0 radical (unpaired) electrons. The third-order valence-corrected chi connectivity index (χ3v) is 2.79. The van der Waals surface area contributed by atoms with Crippen molar-refractivity contribution < 1.29 is 8.78 Å². The van der Waals surface area contributed by atoms with Crippen LogP contribution in [0.15, 0.2) is 48.5 Å². The van der Waals surface area contributed by atoms with E-state index in [2.05, 4.69) is 0 Å². The summed E-state index contributed by atoms with van der Waals surface area (Å²) in [6, 6.07) is 12.4. The summed E-state index contributed by atoms with van der Waals surface area (Å²) in [7, 11) is 0. The van der Waals surface area contributed by atoms with Crippen LogP contribution in [0.5, 0.6) is 0 Å². The second kappa shape index (κ2) is 7.72. The van der Waals surface area contributed by atoms with Gasteiger partial charge in [0.25, 0.3) is 0 Å². The number of nitrogens with two attached hydrogens (primary N) is 2. The minimum atomic E-state index is -0.218. The average Bonchev–Trinajstić information content (AvgIpc) is 2.40. The van der Waals surface area contributed by atoms with Crippen LogP contribution >= 0.6 is 0 Å². The highest BCUT2D eigenvalue weighted by Crippen LogP contribution is 2.09. The monoisotopic (exact) mass is 278 g/mol. The Bertz CT molecular complexity index is 456. The molecule has 0 aliphatic heterocycles. The van der Waals surface area contributed by atoms with E-state index in [0.29, 0.717) is 0 Å². The fraction of sp³-hybridized carbons (Fsp3) is 0.250. The van der Waals surface area contributed by atoms with E-state index in [4.69, 9.17) is 11.5 Å². The van der Waals surface area contributed by atoms with Gasteiger partial charge in [0.15, 0.2) is 0 Å². The molecule has 0 aromatic heterocycles. The summed E-state index contributed by atoms with van der Waals surface area (Å²) in [6.45, 7) is 3.74. The highest BCUT2D eigenvalue weighted by molar-refractivity contribution is 5.19. The standard InChI is InChI=1S/2C8H10FN/c2*1-6(10)7-2-4-8(9)5-3-7/h2*2-6H,10H2,1H3/t2*6-/m10/s1. The summed E-state index contributed by atoms with van der Waals surface area (Å²) in [4.78, 5) is 0. The van der Waals surface area contributed by atoms with Crippen LogP contribution in [-0.4, -0.2) is 0 Å². The number of hydrogen-bond acceptors (Lipinski definition) is 2. The quantitative estimate of drug-likeness (QED) is 0.880. The van der Waals surface area contributed by atoms with Gasteiger partial charge in [-0.25, -0.2) is 8.78 Å². The first-order valence-corrected chi connectivity index (χ1v) is 6.42. The SMILES string of the molecule is C[C@@H](N)c1ccc(F)cc1.C[C@H](N)c1ccc(F)cc1. The molecule has 2 nitrogen and oxygen atoms in total. The second-order valence-corrected chi connectivity index (χ2v) is 4.68. The zero-order chi connectivity index (χ0) is 15.1. The maximum atomic E-state index is 12.3. The molecule has 0 aliphatic carbocycles. The molecule has 2 aromatic rings. The zero-order valence-corrected chi connectivity index (χ0v) is 11.7. The van der Waals surface area contributed by atoms with Crippen molar-refractivity contribution in [3.63, 3.8) is 0 Å². The lowest BCUT2D eigenvalue weighted by molar-refractivity contribution is 0.625. The summed E-state index contributed by atoms with van der Waals surface area (Å²) in [5.74, 6) is -0.436. The van der Waals surface area contributed by atoms with Crippen molar-refractivity contribution >= 4 is 0 Å². The molecular formula is C16H20F2N2. The normalized spacial score (nSPS) is 13.1. The van der Waals surface area contributed by atoms with Crippen LogP contribution in [-0.2, 0) is 0 Å². The zero-order valence-electron chi connectivity index (χ0n) is 11.7. The third kappa shape index (κ3) is 5.47. The number of halogens is 2. The van der Waals surface area contributed by atoms with Crippen molar-refractivity contribution in [1.29, 1.82) is 0 Å². The van der Waals surface area contributed by atoms with Gasteiger partial charge in [0, 0.05) is 12.1 Å². The predicted octanol–water partition coefficient (Wildman–Crippen LogP) is 3.69. The van der Waals surface area contributed by atoms with Crippen LogP contribution in [0.1, 0.15) is 37.1 Å². The van der Waals surface area contributed by atoms with E-state index in [1.165, 1.54) is 24.3 Å². The van der Waals surface area contributed by atoms with Crippen molar-refractivity contribution in [1.82, 2.24) is 0 Å². The van der Waals surface area contributed by atoms with E-state index in [9.17, 15) is 8.78 Å². The van der Waals surface area contributed by atoms with Crippen LogP contribution in [0.3, 0.4) is 0 Å². The number of hydrogen-bond donors (Lipinski definition) is 2. The summed E-state index contributed by atoms with van der Waals surface area (Å²) in [6.07, 6.45) is 0. The van der Waals surface area contributed by atoms with Crippen molar-refractivity contribution in [2.24, 2.45) is 11.5 Å². The van der Waals surface area contributed by atoms with Crippen molar-refractivity contribution in [2.75, 3.05) is 0 Å². The van der Waals surface area contributed by atoms with E-state index < -0.39 is 0 Å². The molecule has 0 fully saturated rings. The van der Waals surface area contributed by atoms with Gasteiger partial charge in [0.05, 0.1) is 0 Å². The third-order valence-electron chi connectivity index (χ3n) is 2.79. The molecule has 4 heteroatoms. The number of rotatable bonds is 2. The molecule has 0 unspecified atom stereocenters. The van der Waals surface area contributed by atoms with Crippen LogP contribution in [0.4, 0.5) is 8.78 Å². The Balaban J connectivity index is 0.000000200. The molecule has 0 bridgehead atoms. The topological polar surface area (TPSA) is 52.0 Å². The second-order valence-electron chi connectivity index (χ2n) is 4.68. The summed E-state index contributed by atoms with van der Waals surface area (Å²) in [5.41, 5.74) is 13.0. The van der Waals surface area contributed by atoms with Crippen LogP contribution < -0.4 is 11.5 Å². The Morgan fingerprint density at radius 1 is 0.650 bits per heavy atom.